The first-order chi connectivity index (χ1) is 8.02. The molecule has 0 aromatic heterocycles. The van der Waals surface area contributed by atoms with Crippen LogP contribution in [0.15, 0.2) is 18.2 Å². The van der Waals surface area contributed by atoms with E-state index in [1.807, 2.05) is 0 Å². The van der Waals surface area contributed by atoms with Crippen molar-refractivity contribution in [3.8, 4) is 0 Å². The van der Waals surface area contributed by atoms with Crippen LogP contribution < -0.4 is 0 Å². The molecule has 0 radical (unpaired) electrons. The van der Waals surface area contributed by atoms with E-state index in [2.05, 4.69) is 43.9 Å². The molecule has 17 heavy (non-hydrogen) atoms. The third-order valence-electron chi connectivity index (χ3n) is 3.73. The molecule has 0 bridgehead atoms. The molecular formula is C15H23NO. The standard InChI is InChI=1S/C15H23NO/c1-4-7-15(17)10-16(11-15)9-14-6-5-12(2)13(3)8-14/h5-6,8,17H,4,7,9-11H2,1-3H3. The molecule has 1 fully saturated rings. The van der Waals surface area contributed by atoms with E-state index in [0.29, 0.717) is 0 Å². The highest BCUT2D eigenvalue weighted by Gasteiger charge is 2.39. The van der Waals surface area contributed by atoms with Crippen LogP contribution in [0.2, 0.25) is 0 Å². The van der Waals surface area contributed by atoms with E-state index in [4.69, 9.17) is 0 Å². The molecule has 1 saturated heterocycles. The molecule has 0 spiro atoms. The van der Waals surface area contributed by atoms with E-state index >= 15 is 0 Å². The molecule has 0 atom stereocenters. The van der Waals surface area contributed by atoms with Crippen LogP contribution in [0, 0.1) is 13.8 Å². The van der Waals surface area contributed by atoms with Gasteiger partial charge in [0.25, 0.3) is 0 Å². The summed E-state index contributed by atoms with van der Waals surface area (Å²) in [5.74, 6) is 0. The van der Waals surface area contributed by atoms with Crippen molar-refractivity contribution in [3.05, 3.63) is 34.9 Å². The third-order valence-corrected chi connectivity index (χ3v) is 3.73. The molecule has 1 aromatic carbocycles. The maximum Gasteiger partial charge on any atom is 0.0900 e. The number of hydrogen-bond acceptors (Lipinski definition) is 2. The fraction of sp³-hybridized carbons (Fsp3) is 0.600. The molecule has 1 aromatic rings. The summed E-state index contributed by atoms with van der Waals surface area (Å²) in [6.07, 6.45) is 1.99. The Labute approximate surface area is 104 Å². The highest BCUT2D eigenvalue weighted by atomic mass is 16.3. The van der Waals surface area contributed by atoms with E-state index < -0.39 is 5.60 Å². The SMILES string of the molecule is CCCC1(O)CN(Cc2ccc(C)c(C)c2)C1. The normalized spacial score (nSPS) is 19.1. The molecule has 0 amide bonds. The van der Waals surface area contributed by atoms with Crippen molar-refractivity contribution >= 4 is 0 Å². The van der Waals surface area contributed by atoms with Gasteiger partial charge in [-0.2, -0.15) is 0 Å². The summed E-state index contributed by atoms with van der Waals surface area (Å²) in [6, 6.07) is 6.63. The molecule has 0 saturated carbocycles. The van der Waals surface area contributed by atoms with Crippen molar-refractivity contribution in [1.29, 1.82) is 0 Å². The van der Waals surface area contributed by atoms with Crippen LogP contribution in [0.25, 0.3) is 0 Å². The van der Waals surface area contributed by atoms with Gasteiger partial charge >= 0.3 is 0 Å². The number of aliphatic hydroxyl groups is 1. The largest absolute Gasteiger partial charge is 0.387 e. The molecule has 0 aliphatic carbocycles. The van der Waals surface area contributed by atoms with E-state index in [-0.39, 0.29) is 0 Å². The summed E-state index contributed by atoms with van der Waals surface area (Å²) in [7, 11) is 0. The Hall–Kier alpha value is -0.860. The number of rotatable bonds is 4. The maximum absolute atomic E-state index is 10.1. The second-order valence-electron chi connectivity index (χ2n) is 5.54. The maximum atomic E-state index is 10.1. The second-order valence-corrected chi connectivity index (χ2v) is 5.54. The minimum Gasteiger partial charge on any atom is -0.387 e. The minimum atomic E-state index is -0.408. The quantitative estimate of drug-likeness (QED) is 0.864. The predicted molar refractivity (Wildman–Crippen MR) is 71.1 cm³/mol. The van der Waals surface area contributed by atoms with Crippen molar-refractivity contribution in [1.82, 2.24) is 4.90 Å². The summed E-state index contributed by atoms with van der Waals surface area (Å²) in [6.45, 7) is 9.05. The highest BCUT2D eigenvalue weighted by Crippen LogP contribution is 2.27. The van der Waals surface area contributed by atoms with E-state index in [9.17, 15) is 5.11 Å². The lowest BCUT2D eigenvalue weighted by atomic mass is 9.89. The summed E-state index contributed by atoms with van der Waals surface area (Å²) in [4.78, 5) is 2.32. The Morgan fingerprint density at radius 1 is 1.24 bits per heavy atom. The number of β-amino-alcohol motifs (C(OH)–C–C–N with tert-alkyl or cyclic N) is 1. The number of hydrogen-bond donors (Lipinski definition) is 1. The van der Waals surface area contributed by atoms with Crippen molar-refractivity contribution in [2.45, 2.75) is 45.8 Å². The lowest BCUT2D eigenvalue weighted by molar-refractivity contribution is -0.106. The van der Waals surface area contributed by atoms with Gasteiger partial charge in [-0.1, -0.05) is 31.5 Å². The summed E-state index contributed by atoms with van der Waals surface area (Å²) >= 11 is 0. The van der Waals surface area contributed by atoms with E-state index in [1.54, 1.807) is 0 Å². The number of aryl methyl sites for hydroxylation is 2. The Bertz CT molecular complexity index is 394. The summed E-state index contributed by atoms with van der Waals surface area (Å²) in [5, 5.41) is 10.1. The third kappa shape index (κ3) is 2.88. The van der Waals surface area contributed by atoms with E-state index in [1.165, 1.54) is 16.7 Å². The van der Waals surface area contributed by atoms with Crippen molar-refractivity contribution in [2.24, 2.45) is 0 Å². The molecule has 1 aliphatic rings. The molecule has 1 heterocycles. The summed E-state index contributed by atoms with van der Waals surface area (Å²) in [5.41, 5.74) is 3.65. The monoisotopic (exact) mass is 233 g/mol. The van der Waals surface area contributed by atoms with Gasteiger partial charge in [0.1, 0.15) is 0 Å². The second kappa shape index (κ2) is 4.79. The average Bonchev–Trinajstić information content (AvgIpc) is 2.22. The molecule has 1 N–H and O–H groups in total. The predicted octanol–water partition coefficient (Wildman–Crippen LogP) is 2.65. The van der Waals surface area contributed by atoms with Crippen molar-refractivity contribution in [3.63, 3.8) is 0 Å². The number of likely N-dealkylation sites (tertiary alicyclic amines) is 1. The first-order valence-electron chi connectivity index (χ1n) is 6.53. The smallest absolute Gasteiger partial charge is 0.0900 e. The molecule has 0 unspecified atom stereocenters. The lowest BCUT2D eigenvalue weighted by Gasteiger charge is -2.46. The molecule has 94 valence electrons. The number of benzene rings is 1. The van der Waals surface area contributed by atoms with Crippen LogP contribution >= 0.6 is 0 Å². The van der Waals surface area contributed by atoms with Gasteiger partial charge in [0, 0.05) is 19.6 Å². The zero-order chi connectivity index (χ0) is 12.5. The number of nitrogens with zero attached hydrogens (tertiary/aromatic N) is 1. The van der Waals surface area contributed by atoms with Gasteiger partial charge in [-0.25, -0.2) is 0 Å². The van der Waals surface area contributed by atoms with Crippen LogP contribution in [-0.2, 0) is 6.54 Å². The first kappa shape index (κ1) is 12.6. The van der Waals surface area contributed by atoms with Gasteiger partial charge < -0.3 is 5.11 Å². The highest BCUT2D eigenvalue weighted by molar-refractivity contribution is 5.30. The average molecular weight is 233 g/mol. The van der Waals surface area contributed by atoms with Crippen LogP contribution in [0.4, 0.5) is 0 Å². The van der Waals surface area contributed by atoms with Gasteiger partial charge in [-0.05, 0) is 37.0 Å². The molecule has 2 nitrogen and oxygen atoms in total. The fourth-order valence-corrected chi connectivity index (χ4v) is 2.68. The van der Waals surface area contributed by atoms with Gasteiger partial charge in [0.05, 0.1) is 5.60 Å². The topological polar surface area (TPSA) is 23.5 Å². The molecule has 1 aliphatic heterocycles. The Morgan fingerprint density at radius 2 is 1.94 bits per heavy atom. The van der Waals surface area contributed by atoms with Crippen molar-refractivity contribution in [2.75, 3.05) is 13.1 Å². The van der Waals surface area contributed by atoms with Crippen LogP contribution in [-0.4, -0.2) is 28.7 Å². The lowest BCUT2D eigenvalue weighted by Crippen LogP contribution is -2.60. The summed E-state index contributed by atoms with van der Waals surface area (Å²) < 4.78 is 0. The Balaban J connectivity index is 1.89. The molecular weight excluding hydrogens is 210 g/mol. The van der Waals surface area contributed by atoms with Crippen molar-refractivity contribution < 1.29 is 5.11 Å². The van der Waals surface area contributed by atoms with E-state index in [0.717, 1.165) is 32.5 Å². The van der Waals surface area contributed by atoms with Crippen LogP contribution in [0.3, 0.4) is 0 Å². The Kier molecular flexibility index (Phi) is 3.55. The van der Waals surface area contributed by atoms with Crippen LogP contribution in [0.5, 0.6) is 0 Å². The zero-order valence-electron chi connectivity index (χ0n) is 11.2. The molecule has 2 rings (SSSR count). The molecule has 2 heteroatoms. The van der Waals surface area contributed by atoms with Gasteiger partial charge in [-0.3, -0.25) is 4.90 Å². The fourth-order valence-electron chi connectivity index (χ4n) is 2.68. The van der Waals surface area contributed by atoms with Gasteiger partial charge in [0.2, 0.25) is 0 Å². The van der Waals surface area contributed by atoms with Gasteiger partial charge in [-0.15, -0.1) is 0 Å². The van der Waals surface area contributed by atoms with Gasteiger partial charge in [0.15, 0.2) is 0 Å². The Morgan fingerprint density at radius 3 is 2.53 bits per heavy atom. The van der Waals surface area contributed by atoms with Crippen LogP contribution in [0.1, 0.15) is 36.5 Å². The minimum absolute atomic E-state index is 0.408. The first-order valence-corrected chi connectivity index (χ1v) is 6.53. The zero-order valence-corrected chi connectivity index (χ0v) is 11.2.